The Labute approximate surface area is 555 Å². The molecule has 0 saturated carbocycles. The molecule has 91 heavy (non-hydrogen) atoms. The van der Waals surface area contributed by atoms with Gasteiger partial charge in [0.15, 0.2) is 40.8 Å². The maximum Gasteiger partial charge on any atom is 0.152 e. The molecule has 0 saturated heterocycles. The van der Waals surface area contributed by atoms with Crippen LogP contribution < -0.4 is 0 Å². The monoisotopic (exact) mass is 1300 g/mol. The normalized spacial score (nSPS) is 10.5. The highest BCUT2D eigenvalue weighted by Gasteiger charge is 2.04. The van der Waals surface area contributed by atoms with Crippen LogP contribution in [0.4, 0.5) is 0 Å². The molecule has 0 aromatic heterocycles. The van der Waals surface area contributed by atoms with Gasteiger partial charge in [-0.1, -0.05) is 132 Å². The third-order valence-electron chi connectivity index (χ3n) is 10.6. The van der Waals surface area contributed by atoms with Crippen molar-refractivity contribution in [3.63, 3.8) is 0 Å². The van der Waals surface area contributed by atoms with Crippen LogP contribution in [0.1, 0.15) is 71.6 Å². The lowest BCUT2D eigenvalue weighted by atomic mass is 10.2. The minimum absolute atomic E-state index is 0.118. The first-order chi connectivity index (χ1) is 44.6. The average molecular weight is 1300 g/mol. The molecular weight excluding hydrogens is 1170 g/mol. The molecule has 534 valence electrons. The van der Waals surface area contributed by atoms with Gasteiger partial charge < -0.3 is 75.8 Å². The van der Waals surface area contributed by atoms with Gasteiger partial charge in [0.05, 0.1) is 13.5 Å². The van der Waals surface area contributed by atoms with Gasteiger partial charge in [-0.25, -0.2) is 0 Å². The van der Waals surface area contributed by atoms with Crippen LogP contribution in [0, 0.1) is 0 Å². The molecule has 22 heteroatoms. The van der Waals surface area contributed by atoms with Gasteiger partial charge in [-0.05, 0) is 12.8 Å². The maximum atomic E-state index is 5.61. The van der Waals surface area contributed by atoms with Crippen LogP contribution in [0.15, 0.2) is 152 Å². The van der Waals surface area contributed by atoms with Crippen molar-refractivity contribution in [1.29, 1.82) is 0 Å². The van der Waals surface area contributed by atoms with Crippen LogP contribution in [0.3, 0.4) is 0 Å². The Bertz CT molecular complexity index is 1440. The van der Waals surface area contributed by atoms with Crippen molar-refractivity contribution in [2.24, 2.45) is 0 Å². The zero-order chi connectivity index (χ0) is 68.8. The molecule has 0 radical (unpaired) electrons. The number of hydrogen-bond donors (Lipinski definition) is 0. The molecule has 0 fully saturated rings. The summed E-state index contributed by atoms with van der Waals surface area (Å²) in [5.74, 6) is 0. The van der Waals surface area contributed by atoms with E-state index < -0.39 is 0 Å². The molecule has 0 aliphatic rings. The smallest absolute Gasteiger partial charge is 0.152 e. The predicted molar refractivity (Wildman–Crippen MR) is 373 cm³/mol. The molecule has 0 rings (SSSR count). The zero-order valence-corrected chi connectivity index (χ0v) is 58.2. The van der Waals surface area contributed by atoms with E-state index >= 15 is 0 Å². The van der Waals surface area contributed by atoms with Gasteiger partial charge in [0.25, 0.3) is 0 Å². The Hall–Kier alpha value is -4.00. The fourth-order valence-corrected chi connectivity index (χ4v) is 6.65. The Balaban J connectivity index is -0.000000239. The van der Waals surface area contributed by atoms with Crippen molar-refractivity contribution in [3.05, 3.63) is 152 Å². The Morgan fingerprint density at radius 3 is 0.582 bits per heavy atom. The molecule has 0 aliphatic heterocycles. The number of nitrogens with zero attached hydrogens (tertiary/aromatic N) is 6. The number of ether oxygens (including phenoxy) is 16. The summed E-state index contributed by atoms with van der Waals surface area (Å²) < 4.78 is 80.8. The number of unbranched alkanes of at least 4 members (excludes halogenated alkanes) is 7. The molecule has 0 unspecified atom stereocenters. The first-order valence-corrected chi connectivity index (χ1v) is 31.1. The lowest BCUT2D eigenvalue weighted by Gasteiger charge is -2.18. The average Bonchev–Trinajstić information content (AvgIpc) is 3.58. The standard InChI is InChI=1S/C14H27NO.C13H25NO.C12H23NO5.C11H21NO4.C10H19NO3.C9H17NO2/c1-4-7-8-9-10-13-16-14-15(11-5-2)12-6-3;1-4-7-8-9-12-15-13-14(10-5-2)11-6-3;1-4-6-13(7-5-2)8-15-10-17-12-18-11-16-9-14-3;1-4-6-12(7-5-2)8-14-10-16-11-15-9-13-3;1-4-6-11(7-5-2)8-13-10-14-9-12-3;1-4-6-10(7-5-2)8-12-9-11-3/h5-6H,2-4,7-14H2,1H3;5-6H,2-4,7-13H2,1H3;4-5H,1-2,6-12H2,3H3;4-5H,1-2,6-11H2,3H3;4-5H,1-2,6-10H2,3H3;4-5H,1-2,6-9H2,3H3. The molecule has 0 aliphatic carbocycles. The molecule has 0 bridgehead atoms. The quantitative estimate of drug-likeness (QED) is 0.0320. The summed E-state index contributed by atoms with van der Waals surface area (Å²) in [7, 11) is 6.27. The third kappa shape index (κ3) is 92.5. The van der Waals surface area contributed by atoms with E-state index in [1.54, 1.807) is 28.4 Å². The summed E-state index contributed by atoms with van der Waals surface area (Å²) in [6, 6.07) is 0. The van der Waals surface area contributed by atoms with E-state index in [9.17, 15) is 0 Å². The largest absolute Gasteiger partial charge is 0.366 e. The third-order valence-corrected chi connectivity index (χ3v) is 10.6. The van der Waals surface area contributed by atoms with Crippen molar-refractivity contribution in [2.75, 3.05) is 229 Å². The molecule has 0 N–H and O–H groups in total. The van der Waals surface area contributed by atoms with E-state index in [0.29, 0.717) is 47.2 Å². The van der Waals surface area contributed by atoms with Gasteiger partial charge in [0.2, 0.25) is 0 Å². The van der Waals surface area contributed by atoms with E-state index in [4.69, 9.17) is 66.3 Å². The second kappa shape index (κ2) is 94.7. The first-order valence-electron chi connectivity index (χ1n) is 31.1. The molecule has 22 nitrogen and oxygen atoms in total. The van der Waals surface area contributed by atoms with E-state index in [-0.39, 0.29) is 61.1 Å². The highest BCUT2D eigenvalue weighted by molar-refractivity contribution is 4.82. The predicted octanol–water partition coefficient (Wildman–Crippen LogP) is 11.6. The minimum Gasteiger partial charge on any atom is -0.366 e. The highest BCUT2D eigenvalue weighted by Crippen LogP contribution is 2.04. The summed E-state index contributed by atoms with van der Waals surface area (Å²) in [5, 5.41) is 0. The van der Waals surface area contributed by atoms with E-state index in [2.05, 4.69) is 117 Å². The second-order valence-electron chi connectivity index (χ2n) is 19.1. The molecular formula is C69H132N6O16. The topological polar surface area (TPSA) is 167 Å². The van der Waals surface area contributed by atoms with Crippen LogP contribution in [0.2, 0.25) is 0 Å². The Kier molecular flexibility index (Phi) is 102. The number of methoxy groups -OCH3 is 4. The SMILES string of the molecule is C=CCN(CC=C)COCCCCCC.C=CCN(CC=C)COCCCCCCC.C=CCN(CC=C)COCOC.C=CCN(CC=C)COCOCOC.C=CCN(CC=C)COCOCOCOC.C=CCN(CC=C)COCOCOCOCOC. The summed E-state index contributed by atoms with van der Waals surface area (Å²) in [6.07, 6.45) is 33.6. The number of hydrogen-bond acceptors (Lipinski definition) is 22. The summed E-state index contributed by atoms with van der Waals surface area (Å²) in [6.45, 7) is 65.3. The Morgan fingerprint density at radius 2 is 0.374 bits per heavy atom. The summed E-state index contributed by atoms with van der Waals surface area (Å²) in [4.78, 5) is 12.5. The second-order valence-corrected chi connectivity index (χ2v) is 19.1. The summed E-state index contributed by atoms with van der Waals surface area (Å²) >= 11 is 0. The van der Waals surface area contributed by atoms with Crippen molar-refractivity contribution in [3.8, 4) is 0 Å². The van der Waals surface area contributed by atoms with Crippen molar-refractivity contribution in [1.82, 2.24) is 29.4 Å². The molecule has 0 heterocycles. The van der Waals surface area contributed by atoms with Gasteiger partial charge in [-0.2, -0.15) is 0 Å². The van der Waals surface area contributed by atoms with Crippen molar-refractivity contribution >= 4 is 0 Å². The van der Waals surface area contributed by atoms with E-state index in [1.807, 2.05) is 87.6 Å². The minimum atomic E-state index is 0.118. The fraction of sp³-hybridized carbons (Fsp3) is 0.652. The van der Waals surface area contributed by atoms with Gasteiger partial charge in [0, 0.05) is 120 Å². The number of rotatable bonds is 67. The highest BCUT2D eigenvalue weighted by atomic mass is 16.8. The fourth-order valence-electron chi connectivity index (χ4n) is 6.65. The van der Waals surface area contributed by atoms with Crippen molar-refractivity contribution in [2.45, 2.75) is 71.6 Å². The van der Waals surface area contributed by atoms with Gasteiger partial charge in [-0.15, -0.1) is 78.9 Å². The van der Waals surface area contributed by atoms with Gasteiger partial charge >= 0.3 is 0 Å². The van der Waals surface area contributed by atoms with E-state index in [1.165, 1.54) is 57.8 Å². The van der Waals surface area contributed by atoms with Crippen molar-refractivity contribution < 1.29 is 75.8 Å². The van der Waals surface area contributed by atoms with Gasteiger partial charge in [-0.3, -0.25) is 29.4 Å². The Morgan fingerprint density at radius 1 is 0.209 bits per heavy atom. The lowest BCUT2D eigenvalue weighted by Crippen LogP contribution is -2.27. The van der Waals surface area contributed by atoms with Crippen LogP contribution in [-0.2, 0) is 75.8 Å². The van der Waals surface area contributed by atoms with Crippen LogP contribution in [-0.4, -0.2) is 258 Å². The maximum absolute atomic E-state index is 5.61. The van der Waals surface area contributed by atoms with Crippen LogP contribution >= 0.6 is 0 Å². The van der Waals surface area contributed by atoms with E-state index in [0.717, 1.165) is 91.8 Å². The van der Waals surface area contributed by atoms with Gasteiger partial charge in [0.1, 0.15) is 54.1 Å². The van der Waals surface area contributed by atoms with Crippen LogP contribution in [0.25, 0.3) is 0 Å². The lowest BCUT2D eigenvalue weighted by molar-refractivity contribution is -0.193. The zero-order valence-electron chi connectivity index (χ0n) is 58.2. The van der Waals surface area contributed by atoms with Crippen LogP contribution in [0.5, 0.6) is 0 Å². The molecule has 0 atom stereocenters. The first kappa shape index (κ1) is 98.1. The molecule has 0 amide bonds. The molecule has 0 spiro atoms. The molecule has 0 aromatic carbocycles. The molecule has 0 aromatic rings. The summed E-state index contributed by atoms with van der Waals surface area (Å²) in [5.41, 5.74) is 0.